The van der Waals surface area contributed by atoms with Crippen molar-refractivity contribution in [2.24, 2.45) is 0 Å². The van der Waals surface area contributed by atoms with Gasteiger partial charge in [0.2, 0.25) is 0 Å². The van der Waals surface area contributed by atoms with Crippen molar-refractivity contribution in [1.82, 2.24) is 0 Å². The molecule has 0 aromatic heterocycles. The maximum absolute atomic E-state index is 12.2. The fourth-order valence-corrected chi connectivity index (χ4v) is 1.12. The first-order valence-corrected chi connectivity index (χ1v) is 4.53. The first kappa shape index (κ1) is 12.6. The zero-order valence-corrected chi connectivity index (χ0v) is 8.37. The van der Waals surface area contributed by atoms with Gasteiger partial charge in [-0.2, -0.15) is 13.2 Å². The van der Waals surface area contributed by atoms with Crippen LogP contribution in [0.15, 0.2) is 36.9 Å². The van der Waals surface area contributed by atoms with Gasteiger partial charge in [-0.25, -0.2) is 0 Å². The molecule has 0 bridgehead atoms. The highest BCUT2D eigenvalue weighted by molar-refractivity contribution is 5.30. The number of hydrogen-bond acceptors (Lipinski definition) is 2. The third-order valence-corrected chi connectivity index (χ3v) is 1.85. The highest BCUT2D eigenvalue weighted by Gasteiger charge is 2.39. The van der Waals surface area contributed by atoms with E-state index in [4.69, 9.17) is 9.84 Å². The second kappa shape index (κ2) is 5.03. The van der Waals surface area contributed by atoms with Crippen LogP contribution in [0.3, 0.4) is 0 Å². The van der Waals surface area contributed by atoms with Crippen molar-refractivity contribution >= 4 is 0 Å². The molecule has 2 nitrogen and oxygen atoms in total. The lowest BCUT2D eigenvalue weighted by molar-refractivity contribution is -0.206. The Morgan fingerprint density at radius 1 is 1.44 bits per heavy atom. The summed E-state index contributed by atoms with van der Waals surface area (Å²) >= 11 is 0. The number of aliphatic hydroxyl groups is 1. The Kier molecular flexibility index (Phi) is 3.95. The van der Waals surface area contributed by atoms with Crippen molar-refractivity contribution in [3.63, 3.8) is 0 Å². The fourth-order valence-electron chi connectivity index (χ4n) is 1.12. The molecule has 0 heterocycles. The minimum absolute atomic E-state index is 0.200. The molecule has 1 unspecified atom stereocenters. The number of halogens is 3. The lowest BCUT2D eigenvalue weighted by Crippen LogP contribution is -2.20. The molecule has 0 aliphatic rings. The van der Waals surface area contributed by atoms with Gasteiger partial charge in [0, 0.05) is 0 Å². The van der Waals surface area contributed by atoms with Crippen molar-refractivity contribution in [1.29, 1.82) is 0 Å². The first-order chi connectivity index (χ1) is 7.45. The third kappa shape index (κ3) is 3.27. The van der Waals surface area contributed by atoms with E-state index in [0.717, 1.165) is 6.07 Å². The molecule has 0 aliphatic heterocycles. The molecule has 0 spiro atoms. The lowest BCUT2D eigenvalue weighted by Gasteiger charge is -2.15. The van der Waals surface area contributed by atoms with Crippen molar-refractivity contribution < 1.29 is 23.0 Å². The van der Waals surface area contributed by atoms with E-state index < -0.39 is 12.3 Å². The number of rotatable bonds is 4. The monoisotopic (exact) mass is 232 g/mol. The molecule has 0 aliphatic carbocycles. The van der Waals surface area contributed by atoms with Gasteiger partial charge < -0.3 is 9.84 Å². The van der Waals surface area contributed by atoms with Gasteiger partial charge in [0.1, 0.15) is 12.4 Å². The molecule has 1 rings (SSSR count). The Bertz CT molecular complexity index is 360. The van der Waals surface area contributed by atoms with Gasteiger partial charge in [0.15, 0.2) is 6.10 Å². The van der Waals surface area contributed by atoms with Crippen molar-refractivity contribution in [2.45, 2.75) is 12.3 Å². The Balaban J connectivity index is 2.85. The SMILES string of the molecule is C=CCOc1cccc(C(O)C(F)(F)F)c1. The van der Waals surface area contributed by atoms with Crippen LogP contribution in [0.25, 0.3) is 0 Å². The fraction of sp³-hybridized carbons (Fsp3) is 0.273. The number of benzene rings is 1. The number of alkyl halides is 3. The predicted molar refractivity (Wildman–Crippen MR) is 53.1 cm³/mol. The number of ether oxygens (including phenoxy) is 1. The Morgan fingerprint density at radius 3 is 2.69 bits per heavy atom. The van der Waals surface area contributed by atoms with Crippen LogP contribution in [-0.2, 0) is 0 Å². The zero-order valence-electron chi connectivity index (χ0n) is 8.37. The molecular formula is C11H11F3O2. The van der Waals surface area contributed by atoms with E-state index in [1.54, 1.807) is 0 Å². The van der Waals surface area contributed by atoms with Gasteiger partial charge in [-0.15, -0.1) is 0 Å². The van der Waals surface area contributed by atoms with E-state index >= 15 is 0 Å². The Labute approximate surface area is 91.0 Å². The largest absolute Gasteiger partial charge is 0.490 e. The predicted octanol–water partition coefficient (Wildman–Crippen LogP) is 2.85. The van der Waals surface area contributed by atoms with Crippen LogP contribution in [0.1, 0.15) is 11.7 Å². The summed E-state index contributed by atoms with van der Waals surface area (Å²) in [6.07, 6.45) is -5.68. The summed E-state index contributed by atoms with van der Waals surface area (Å²) in [5, 5.41) is 9.01. The molecule has 16 heavy (non-hydrogen) atoms. The second-order valence-corrected chi connectivity index (χ2v) is 3.12. The smallest absolute Gasteiger partial charge is 0.418 e. The molecule has 1 aromatic carbocycles. The molecule has 88 valence electrons. The molecule has 0 amide bonds. The third-order valence-electron chi connectivity index (χ3n) is 1.85. The van der Waals surface area contributed by atoms with E-state index in [-0.39, 0.29) is 17.9 Å². The maximum atomic E-state index is 12.2. The van der Waals surface area contributed by atoms with Crippen LogP contribution in [-0.4, -0.2) is 17.9 Å². The summed E-state index contributed by atoms with van der Waals surface area (Å²) in [5.74, 6) is 0.265. The van der Waals surface area contributed by atoms with E-state index in [1.165, 1.54) is 24.3 Å². The second-order valence-electron chi connectivity index (χ2n) is 3.12. The zero-order chi connectivity index (χ0) is 12.2. The Hall–Kier alpha value is -1.49. The number of hydrogen-bond donors (Lipinski definition) is 1. The van der Waals surface area contributed by atoms with Crippen LogP contribution in [0.2, 0.25) is 0 Å². The average molecular weight is 232 g/mol. The molecular weight excluding hydrogens is 221 g/mol. The summed E-state index contributed by atoms with van der Waals surface area (Å²) in [5.41, 5.74) is -0.242. The summed E-state index contributed by atoms with van der Waals surface area (Å²) < 4.78 is 41.7. The minimum atomic E-state index is -4.67. The molecule has 0 saturated heterocycles. The summed E-state index contributed by atoms with van der Waals surface area (Å²) in [6.45, 7) is 3.62. The molecule has 0 radical (unpaired) electrons. The topological polar surface area (TPSA) is 29.5 Å². The lowest BCUT2D eigenvalue weighted by atomic mass is 10.1. The normalized spacial score (nSPS) is 13.2. The van der Waals surface area contributed by atoms with Crippen LogP contribution < -0.4 is 4.74 Å². The van der Waals surface area contributed by atoms with Gasteiger partial charge in [-0.05, 0) is 17.7 Å². The van der Waals surface area contributed by atoms with Crippen LogP contribution in [0.4, 0.5) is 13.2 Å². The van der Waals surface area contributed by atoms with Crippen molar-refractivity contribution in [2.75, 3.05) is 6.61 Å². The van der Waals surface area contributed by atoms with E-state index in [0.29, 0.717) is 0 Å². The van der Waals surface area contributed by atoms with E-state index in [9.17, 15) is 13.2 Å². The molecule has 5 heteroatoms. The highest BCUT2D eigenvalue weighted by Crippen LogP contribution is 2.33. The van der Waals surface area contributed by atoms with Gasteiger partial charge >= 0.3 is 6.18 Å². The Morgan fingerprint density at radius 2 is 2.12 bits per heavy atom. The minimum Gasteiger partial charge on any atom is -0.490 e. The maximum Gasteiger partial charge on any atom is 0.418 e. The molecule has 0 saturated carbocycles. The first-order valence-electron chi connectivity index (χ1n) is 4.53. The highest BCUT2D eigenvalue weighted by atomic mass is 19.4. The van der Waals surface area contributed by atoms with E-state index in [2.05, 4.69) is 6.58 Å². The van der Waals surface area contributed by atoms with E-state index in [1.807, 2.05) is 0 Å². The van der Waals surface area contributed by atoms with Crippen LogP contribution >= 0.6 is 0 Å². The van der Waals surface area contributed by atoms with Crippen molar-refractivity contribution in [3.8, 4) is 5.75 Å². The summed E-state index contributed by atoms with van der Waals surface area (Å²) in [4.78, 5) is 0. The summed E-state index contributed by atoms with van der Waals surface area (Å²) in [7, 11) is 0. The van der Waals surface area contributed by atoms with Gasteiger partial charge in [0.25, 0.3) is 0 Å². The average Bonchev–Trinajstić information content (AvgIpc) is 2.24. The van der Waals surface area contributed by atoms with Crippen LogP contribution in [0, 0.1) is 0 Å². The quantitative estimate of drug-likeness (QED) is 0.809. The summed E-state index contributed by atoms with van der Waals surface area (Å²) in [6, 6.07) is 5.25. The van der Waals surface area contributed by atoms with Gasteiger partial charge in [0.05, 0.1) is 0 Å². The van der Waals surface area contributed by atoms with Crippen molar-refractivity contribution in [3.05, 3.63) is 42.5 Å². The molecule has 0 fully saturated rings. The van der Waals surface area contributed by atoms with Gasteiger partial charge in [-0.1, -0.05) is 24.8 Å². The standard InChI is InChI=1S/C11H11F3O2/c1-2-6-16-9-5-3-4-8(7-9)10(15)11(12,13)14/h2-5,7,10,15H,1,6H2. The molecule has 1 atom stereocenters. The number of aliphatic hydroxyl groups excluding tert-OH is 1. The molecule has 1 aromatic rings. The van der Waals surface area contributed by atoms with Gasteiger partial charge in [-0.3, -0.25) is 0 Å². The molecule has 1 N–H and O–H groups in total. The van der Waals surface area contributed by atoms with Crippen LogP contribution in [0.5, 0.6) is 5.75 Å².